The molecule has 0 aliphatic rings. The Hall–Kier alpha value is -3.46. The van der Waals surface area contributed by atoms with Crippen LogP contribution in [-0.4, -0.2) is 22.3 Å². The van der Waals surface area contributed by atoms with Crippen LogP contribution in [-0.2, 0) is 24.1 Å². The van der Waals surface area contributed by atoms with Crippen molar-refractivity contribution in [1.29, 1.82) is 0 Å². The number of amides is 1. The van der Waals surface area contributed by atoms with E-state index in [0.29, 0.717) is 18.9 Å². The molecule has 168 valence electrons. The molecule has 3 rings (SSSR count). The van der Waals surface area contributed by atoms with Crippen LogP contribution in [0.15, 0.2) is 59.4 Å². The highest BCUT2D eigenvalue weighted by Crippen LogP contribution is 2.30. The number of nitrogens with zero attached hydrogens (tertiary/aromatic N) is 2. The molecule has 0 spiro atoms. The van der Waals surface area contributed by atoms with Gasteiger partial charge in [0, 0.05) is 24.9 Å². The van der Waals surface area contributed by atoms with Gasteiger partial charge in [-0.2, -0.15) is 18.3 Å². The van der Waals surface area contributed by atoms with E-state index in [4.69, 9.17) is 4.74 Å². The van der Waals surface area contributed by atoms with Gasteiger partial charge < -0.3 is 10.1 Å². The highest BCUT2D eigenvalue weighted by atomic mass is 19.4. The highest BCUT2D eigenvalue weighted by Gasteiger charge is 2.30. The van der Waals surface area contributed by atoms with Gasteiger partial charge in [0.1, 0.15) is 0 Å². The lowest BCUT2D eigenvalue weighted by molar-refractivity contribution is -0.137. The summed E-state index contributed by atoms with van der Waals surface area (Å²) < 4.78 is 45.6. The molecule has 9 heteroatoms. The van der Waals surface area contributed by atoms with Crippen LogP contribution in [0.3, 0.4) is 0 Å². The zero-order valence-electron chi connectivity index (χ0n) is 17.6. The number of hydrogen-bond donors (Lipinski definition) is 1. The Morgan fingerprint density at radius 1 is 1.09 bits per heavy atom. The van der Waals surface area contributed by atoms with Crippen LogP contribution >= 0.6 is 0 Å². The summed E-state index contributed by atoms with van der Waals surface area (Å²) in [4.78, 5) is 24.9. The Kier molecular flexibility index (Phi) is 7.09. The monoisotopic (exact) mass is 445 g/mol. The van der Waals surface area contributed by atoms with Crippen LogP contribution in [0.2, 0.25) is 0 Å². The molecule has 2 aromatic carbocycles. The summed E-state index contributed by atoms with van der Waals surface area (Å²) >= 11 is 0. The molecule has 1 amide bonds. The van der Waals surface area contributed by atoms with Crippen LogP contribution < -0.4 is 10.7 Å². The molecule has 32 heavy (non-hydrogen) atoms. The van der Waals surface area contributed by atoms with Gasteiger partial charge in [-0.15, -0.1) is 0 Å². The predicted octanol–water partition coefficient (Wildman–Crippen LogP) is 4.03. The fourth-order valence-corrected chi connectivity index (χ4v) is 3.02. The van der Waals surface area contributed by atoms with Crippen molar-refractivity contribution in [3.8, 4) is 5.69 Å². The lowest BCUT2D eigenvalue weighted by Gasteiger charge is -2.13. The average Bonchev–Trinajstić information content (AvgIpc) is 2.76. The van der Waals surface area contributed by atoms with Gasteiger partial charge in [-0.05, 0) is 43.2 Å². The Morgan fingerprint density at radius 2 is 1.78 bits per heavy atom. The third kappa shape index (κ3) is 5.61. The predicted molar refractivity (Wildman–Crippen MR) is 113 cm³/mol. The summed E-state index contributed by atoms with van der Waals surface area (Å²) in [6.45, 7) is 4.70. The minimum atomic E-state index is -4.53. The summed E-state index contributed by atoms with van der Waals surface area (Å²) in [7, 11) is 0. The third-order valence-corrected chi connectivity index (χ3v) is 4.69. The van der Waals surface area contributed by atoms with E-state index in [9.17, 15) is 22.8 Å². The summed E-state index contributed by atoms with van der Waals surface area (Å²) in [6, 6.07) is 13.1. The summed E-state index contributed by atoms with van der Waals surface area (Å²) in [5, 5.41) is 6.66. The lowest BCUT2D eigenvalue weighted by atomic mass is 10.1. The number of carbonyl (C=O) groups is 1. The number of benzene rings is 2. The van der Waals surface area contributed by atoms with Crippen molar-refractivity contribution in [1.82, 2.24) is 15.1 Å². The third-order valence-electron chi connectivity index (χ3n) is 4.69. The standard InChI is InChI=1S/C23H22F3N3O3/c1-3-32-14-17-9-7-16(8-10-17)13-27-22(31)21-20(30)11-15(2)29(28-21)19-6-4-5-18(12-19)23(24,25)26/h4-12H,3,13-14H2,1-2H3,(H,27,31). The summed E-state index contributed by atoms with van der Waals surface area (Å²) in [5.41, 5.74) is 0.326. The van der Waals surface area contributed by atoms with Gasteiger partial charge >= 0.3 is 6.18 Å². The first-order valence-electron chi connectivity index (χ1n) is 9.91. The van der Waals surface area contributed by atoms with Crippen molar-refractivity contribution in [2.75, 3.05) is 6.61 Å². The number of ether oxygens (including phenoxy) is 1. The molecule has 0 saturated carbocycles. The average molecular weight is 445 g/mol. The molecule has 0 saturated heterocycles. The Bertz CT molecular complexity index is 1160. The molecule has 1 aromatic heterocycles. The minimum Gasteiger partial charge on any atom is -0.377 e. The Labute approximate surface area is 182 Å². The molecule has 0 aliphatic carbocycles. The van der Waals surface area contributed by atoms with Crippen LogP contribution in [0.1, 0.15) is 39.8 Å². The fourth-order valence-electron chi connectivity index (χ4n) is 3.02. The van der Waals surface area contributed by atoms with Crippen molar-refractivity contribution in [2.24, 2.45) is 0 Å². The Morgan fingerprint density at radius 3 is 2.44 bits per heavy atom. The fraction of sp³-hybridized carbons (Fsp3) is 0.261. The van der Waals surface area contributed by atoms with Crippen LogP contribution in [0.5, 0.6) is 0 Å². The van der Waals surface area contributed by atoms with E-state index >= 15 is 0 Å². The smallest absolute Gasteiger partial charge is 0.377 e. The number of halogens is 3. The van der Waals surface area contributed by atoms with Crippen LogP contribution in [0, 0.1) is 6.92 Å². The van der Waals surface area contributed by atoms with E-state index in [2.05, 4.69) is 10.4 Å². The lowest BCUT2D eigenvalue weighted by Crippen LogP contribution is -2.31. The first-order chi connectivity index (χ1) is 15.2. The number of nitrogens with one attached hydrogen (secondary N) is 1. The summed E-state index contributed by atoms with van der Waals surface area (Å²) in [5.74, 6) is -0.714. The minimum absolute atomic E-state index is 0.0938. The zero-order chi connectivity index (χ0) is 23.3. The van der Waals surface area contributed by atoms with Gasteiger partial charge in [-0.25, -0.2) is 4.68 Å². The number of rotatable bonds is 7. The molecular formula is C23H22F3N3O3. The number of hydrogen-bond acceptors (Lipinski definition) is 4. The van der Waals surface area contributed by atoms with Crippen molar-refractivity contribution in [3.63, 3.8) is 0 Å². The zero-order valence-corrected chi connectivity index (χ0v) is 17.6. The molecule has 0 atom stereocenters. The van der Waals surface area contributed by atoms with Gasteiger partial charge in [0.15, 0.2) is 5.69 Å². The van der Waals surface area contributed by atoms with E-state index in [1.165, 1.54) is 25.1 Å². The van der Waals surface area contributed by atoms with E-state index in [1.54, 1.807) is 0 Å². The molecule has 0 radical (unpaired) electrons. The van der Waals surface area contributed by atoms with Crippen molar-refractivity contribution >= 4 is 5.91 Å². The maximum Gasteiger partial charge on any atom is 0.416 e. The van der Waals surface area contributed by atoms with Gasteiger partial charge in [0.05, 0.1) is 17.9 Å². The van der Waals surface area contributed by atoms with Crippen molar-refractivity contribution in [2.45, 2.75) is 33.2 Å². The Balaban J connectivity index is 1.80. The van der Waals surface area contributed by atoms with Crippen molar-refractivity contribution < 1.29 is 22.7 Å². The number of aromatic nitrogens is 2. The maximum absolute atomic E-state index is 13.1. The molecule has 3 aromatic rings. The van der Waals surface area contributed by atoms with E-state index in [0.717, 1.165) is 27.9 Å². The second-order valence-electron chi connectivity index (χ2n) is 7.09. The SMILES string of the molecule is CCOCc1ccc(CNC(=O)c2nn(-c3cccc(C(F)(F)F)c3)c(C)cc2=O)cc1. The van der Waals surface area contributed by atoms with Gasteiger partial charge in [0.2, 0.25) is 5.43 Å². The van der Waals surface area contributed by atoms with E-state index < -0.39 is 28.8 Å². The number of aryl methyl sites for hydroxylation is 1. The highest BCUT2D eigenvalue weighted by molar-refractivity contribution is 5.92. The van der Waals surface area contributed by atoms with Crippen LogP contribution in [0.25, 0.3) is 5.69 Å². The molecular weight excluding hydrogens is 423 g/mol. The quantitative estimate of drug-likeness (QED) is 0.596. The molecule has 1 N–H and O–H groups in total. The number of alkyl halides is 3. The molecule has 6 nitrogen and oxygen atoms in total. The molecule has 0 aliphatic heterocycles. The van der Waals surface area contributed by atoms with E-state index in [1.807, 2.05) is 31.2 Å². The molecule has 0 bridgehead atoms. The molecule has 0 unspecified atom stereocenters. The second kappa shape index (κ2) is 9.78. The van der Waals surface area contributed by atoms with Gasteiger partial charge in [-0.3, -0.25) is 9.59 Å². The number of carbonyl (C=O) groups excluding carboxylic acids is 1. The van der Waals surface area contributed by atoms with Gasteiger partial charge in [-0.1, -0.05) is 30.3 Å². The molecule has 0 fully saturated rings. The van der Waals surface area contributed by atoms with Gasteiger partial charge in [0.25, 0.3) is 5.91 Å². The van der Waals surface area contributed by atoms with Crippen molar-refractivity contribution in [3.05, 3.63) is 92.9 Å². The first kappa shape index (κ1) is 23.2. The second-order valence-corrected chi connectivity index (χ2v) is 7.09. The summed E-state index contributed by atoms with van der Waals surface area (Å²) in [6.07, 6.45) is -4.53. The topological polar surface area (TPSA) is 73.2 Å². The molecule has 1 heterocycles. The maximum atomic E-state index is 13.1. The first-order valence-corrected chi connectivity index (χ1v) is 9.91. The van der Waals surface area contributed by atoms with E-state index in [-0.39, 0.29) is 12.2 Å². The van der Waals surface area contributed by atoms with Crippen LogP contribution in [0.4, 0.5) is 13.2 Å². The largest absolute Gasteiger partial charge is 0.416 e. The normalized spacial score (nSPS) is 11.4.